The van der Waals surface area contributed by atoms with Crippen molar-refractivity contribution in [2.75, 3.05) is 32.2 Å². The highest BCUT2D eigenvalue weighted by Crippen LogP contribution is 2.23. The van der Waals surface area contributed by atoms with Crippen LogP contribution in [-0.4, -0.2) is 54.9 Å². The Labute approximate surface area is 122 Å². The average molecular weight is 294 g/mol. The SMILES string of the molecule is COc1cc(NC(=O)N2CCOCC2C)ccc1C(=O)O. The molecule has 21 heavy (non-hydrogen) atoms. The standard InChI is InChI=1S/C14H18N2O5/c1-9-8-21-6-5-16(9)14(19)15-10-3-4-11(13(17)18)12(7-10)20-2/h3-4,7,9H,5-6,8H2,1-2H3,(H,15,19)(H,17,18). The molecule has 0 aromatic heterocycles. The molecule has 1 aliphatic heterocycles. The Balaban J connectivity index is 2.12. The van der Waals surface area contributed by atoms with Crippen molar-refractivity contribution in [1.29, 1.82) is 0 Å². The third-order valence-electron chi connectivity index (χ3n) is 3.31. The van der Waals surface area contributed by atoms with E-state index in [4.69, 9.17) is 14.6 Å². The first kappa shape index (κ1) is 15.1. The summed E-state index contributed by atoms with van der Waals surface area (Å²) < 4.78 is 10.3. The third-order valence-corrected chi connectivity index (χ3v) is 3.31. The highest BCUT2D eigenvalue weighted by Gasteiger charge is 2.24. The Morgan fingerprint density at radius 3 is 2.86 bits per heavy atom. The summed E-state index contributed by atoms with van der Waals surface area (Å²) >= 11 is 0. The van der Waals surface area contributed by atoms with Gasteiger partial charge in [0.2, 0.25) is 0 Å². The second kappa shape index (κ2) is 6.45. The van der Waals surface area contributed by atoms with Crippen molar-refractivity contribution in [2.24, 2.45) is 0 Å². The maximum atomic E-state index is 12.2. The number of benzene rings is 1. The van der Waals surface area contributed by atoms with Crippen LogP contribution < -0.4 is 10.1 Å². The number of nitrogens with zero attached hydrogens (tertiary/aromatic N) is 1. The first-order valence-corrected chi connectivity index (χ1v) is 6.59. The van der Waals surface area contributed by atoms with Crippen LogP contribution in [0, 0.1) is 0 Å². The van der Waals surface area contributed by atoms with Crippen molar-refractivity contribution >= 4 is 17.7 Å². The van der Waals surface area contributed by atoms with Gasteiger partial charge in [0, 0.05) is 18.3 Å². The smallest absolute Gasteiger partial charge is 0.339 e. The zero-order valence-electron chi connectivity index (χ0n) is 12.0. The normalized spacial score (nSPS) is 18.2. The molecule has 1 saturated heterocycles. The number of ether oxygens (including phenoxy) is 2. The van der Waals surface area contributed by atoms with Gasteiger partial charge in [0.1, 0.15) is 11.3 Å². The minimum atomic E-state index is -1.08. The van der Waals surface area contributed by atoms with E-state index in [1.807, 2.05) is 6.92 Å². The van der Waals surface area contributed by atoms with Gasteiger partial charge in [0.15, 0.2) is 0 Å². The number of hydrogen-bond acceptors (Lipinski definition) is 4. The number of carbonyl (C=O) groups excluding carboxylic acids is 1. The van der Waals surface area contributed by atoms with Crippen LogP contribution in [0.1, 0.15) is 17.3 Å². The van der Waals surface area contributed by atoms with Gasteiger partial charge in [-0.2, -0.15) is 0 Å². The topological polar surface area (TPSA) is 88.1 Å². The molecule has 1 fully saturated rings. The zero-order valence-corrected chi connectivity index (χ0v) is 12.0. The van der Waals surface area contributed by atoms with Crippen LogP contribution in [0.3, 0.4) is 0 Å². The van der Waals surface area contributed by atoms with Gasteiger partial charge < -0.3 is 24.8 Å². The van der Waals surface area contributed by atoms with Crippen LogP contribution in [0.2, 0.25) is 0 Å². The lowest BCUT2D eigenvalue weighted by Crippen LogP contribution is -2.48. The number of rotatable bonds is 3. The number of anilines is 1. The molecular formula is C14H18N2O5. The van der Waals surface area contributed by atoms with Gasteiger partial charge in [0.05, 0.1) is 26.4 Å². The first-order chi connectivity index (χ1) is 10.0. The Hall–Kier alpha value is -2.28. The zero-order chi connectivity index (χ0) is 15.4. The van der Waals surface area contributed by atoms with E-state index in [1.54, 1.807) is 4.90 Å². The number of amides is 2. The molecule has 0 spiro atoms. The number of urea groups is 1. The minimum Gasteiger partial charge on any atom is -0.496 e. The van der Waals surface area contributed by atoms with E-state index in [0.717, 1.165) is 0 Å². The molecular weight excluding hydrogens is 276 g/mol. The molecule has 1 heterocycles. The molecule has 0 radical (unpaired) electrons. The Bertz CT molecular complexity index is 546. The second-order valence-electron chi connectivity index (χ2n) is 4.77. The highest BCUT2D eigenvalue weighted by atomic mass is 16.5. The molecule has 114 valence electrons. The van der Waals surface area contributed by atoms with E-state index in [0.29, 0.717) is 25.4 Å². The van der Waals surface area contributed by atoms with Gasteiger partial charge in [-0.05, 0) is 19.1 Å². The van der Waals surface area contributed by atoms with Crippen molar-refractivity contribution in [3.05, 3.63) is 23.8 Å². The predicted octanol–water partition coefficient (Wildman–Crippen LogP) is 1.65. The number of nitrogens with one attached hydrogen (secondary N) is 1. The van der Waals surface area contributed by atoms with Crippen LogP contribution >= 0.6 is 0 Å². The number of aromatic carboxylic acids is 1. The monoisotopic (exact) mass is 294 g/mol. The number of carboxylic acid groups (broad SMARTS) is 1. The fraction of sp³-hybridized carbons (Fsp3) is 0.429. The summed E-state index contributed by atoms with van der Waals surface area (Å²) in [6.45, 7) is 3.46. The minimum absolute atomic E-state index is 0.000983. The average Bonchev–Trinajstić information content (AvgIpc) is 2.47. The van der Waals surface area contributed by atoms with Gasteiger partial charge >= 0.3 is 12.0 Å². The van der Waals surface area contributed by atoms with Crippen LogP contribution in [0.15, 0.2) is 18.2 Å². The summed E-state index contributed by atoms with van der Waals surface area (Å²) in [5.74, 6) is -0.873. The molecule has 0 aliphatic carbocycles. The molecule has 1 aromatic carbocycles. The number of methoxy groups -OCH3 is 1. The van der Waals surface area contributed by atoms with E-state index in [9.17, 15) is 9.59 Å². The molecule has 7 nitrogen and oxygen atoms in total. The molecule has 7 heteroatoms. The molecule has 1 aromatic rings. The van der Waals surface area contributed by atoms with E-state index in [-0.39, 0.29) is 23.4 Å². The Kier molecular flexibility index (Phi) is 4.64. The van der Waals surface area contributed by atoms with Crippen molar-refractivity contribution in [3.8, 4) is 5.75 Å². The van der Waals surface area contributed by atoms with Crippen molar-refractivity contribution in [1.82, 2.24) is 4.90 Å². The van der Waals surface area contributed by atoms with Crippen molar-refractivity contribution in [3.63, 3.8) is 0 Å². The maximum Gasteiger partial charge on any atom is 0.339 e. The van der Waals surface area contributed by atoms with Gasteiger partial charge in [0.25, 0.3) is 0 Å². The highest BCUT2D eigenvalue weighted by molar-refractivity contribution is 5.94. The van der Waals surface area contributed by atoms with E-state index in [2.05, 4.69) is 5.32 Å². The van der Waals surface area contributed by atoms with Gasteiger partial charge in [-0.3, -0.25) is 0 Å². The van der Waals surface area contributed by atoms with Crippen LogP contribution in [0.5, 0.6) is 5.75 Å². The third kappa shape index (κ3) is 3.43. The van der Waals surface area contributed by atoms with E-state index in [1.165, 1.54) is 25.3 Å². The number of morpholine rings is 1. The molecule has 2 rings (SSSR count). The summed E-state index contributed by atoms with van der Waals surface area (Å²) in [4.78, 5) is 24.9. The summed E-state index contributed by atoms with van der Waals surface area (Å²) in [5.41, 5.74) is 0.538. The Morgan fingerprint density at radius 2 is 2.24 bits per heavy atom. The summed E-state index contributed by atoms with van der Waals surface area (Å²) in [6, 6.07) is 4.19. The van der Waals surface area contributed by atoms with Gasteiger partial charge in [-0.25, -0.2) is 9.59 Å². The van der Waals surface area contributed by atoms with Crippen LogP contribution in [0.25, 0.3) is 0 Å². The van der Waals surface area contributed by atoms with E-state index < -0.39 is 5.97 Å². The number of hydrogen-bond donors (Lipinski definition) is 2. The first-order valence-electron chi connectivity index (χ1n) is 6.59. The summed E-state index contributed by atoms with van der Waals surface area (Å²) in [6.07, 6.45) is 0. The molecule has 0 saturated carbocycles. The molecule has 1 unspecified atom stereocenters. The molecule has 2 amide bonds. The fourth-order valence-electron chi connectivity index (χ4n) is 2.17. The van der Waals surface area contributed by atoms with Crippen molar-refractivity contribution < 1.29 is 24.2 Å². The molecule has 1 aliphatic rings. The number of carbonyl (C=O) groups is 2. The quantitative estimate of drug-likeness (QED) is 0.885. The van der Waals surface area contributed by atoms with Crippen LogP contribution in [-0.2, 0) is 4.74 Å². The summed E-state index contributed by atoms with van der Waals surface area (Å²) in [5, 5.41) is 11.8. The lowest BCUT2D eigenvalue weighted by molar-refractivity contribution is 0.0222. The molecule has 0 bridgehead atoms. The molecule has 1 atom stereocenters. The lowest BCUT2D eigenvalue weighted by Gasteiger charge is -2.33. The van der Waals surface area contributed by atoms with E-state index >= 15 is 0 Å². The lowest BCUT2D eigenvalue weighted by atomic mass is 10.2. The van der Waals surface area contributed by atoms with Crippen molar-refractivity contribution in [2.45, 2.75) is 13.0 Å². The van der Waals surface area contributed by atoms with Gasteiger partial charge in [-0.15, -0.1) is 0 Å². The second-order valence-corrected chi connectivity index (χ2v) is 4.77. The van der Waals surface area contributed by atoms with Gasteiger partial charge in [-0.1, -0.05) is 0 Å². The fourth-order valence-corrected chi connectivity index (χ4v) is 2.17. The Morgan fingerprint density at radius 1 is 1.48 bits per heavy atom. The molecule has 2 N–H and O–H groups in total. The number of carboxylic acids is 1. The summed E-state index contributed by atoms with van der Waals surface area (Å²) in [7, 11) is 1.39. The largest absolute Gasteiger partial charge is 0.496 e. The maximum absolute atomic E-state index is 12.2. The van der Waals surface area contributed by atoms with Crippen LogP contribution in [0.4, 0.5) is 10.5 Å². The predicted molar refractivity (Wildman–Crippen MR) is 76.0 cm³/mol.